The van der Waals surface area contributed by atoms with Crippen LogP contribution in [0.1, 0.15) is 114 Å². The summed E-state index contributed by atoms with van der Waals surface area (Å²) in [4.78, 5) is 22.8. The number of unbranched alkanes of at least 4 members (excludes halogenated alkanes) is 13. The Hall–Kier alpha value is -2.11. The third-order valence-electron chi connectivity index (χ3n) is 5.80. The van der Waals surface area contributed by atoms with Gasteiger partial charge in [0.05, 0.1) is 5.69 Å². The van der Waals surface area contributed by atoms with Crippen molar-refractivity contribution in [2.24, 2.45) is 0 Å². The molecular weight excluding hydrogens is 407 g/mol. The first kappa shape index (κ1) is 27.9. The monoisotopic (exact) mass is 450 g/mol. The third kappa shape index (κ3) is 12.7. The highest BCUT2D eigenvalue weighted by Gasteiger charge is 2.16. The van der Waals surface area contributed by atoms with Gasteiger partial charge >= 0.3 is 5.97 Å². The maximum absolute atomic E-state index is 14.2. The van der Waals surface area contributed by atoms with Crippen LogP contribution < -0.4 is 10.6 Å². The molecule has 182 valence electrons. The van der Waals surface area contributed by atoms with Gasteiger partial charge in [0.2, 0.25) is 0 Å². The molecule has 0 spiro atoms. The lowest BCUT2D eigenvalue weighted by Crippen LogP contribution is -2.38. The largest absolute Gasteiger partial charge is 0.480 e. The summed E-state index contributed by atoms with van der Waals surface area (Å²) in [5, 5.41) is 14.2. The lowest BCUT2D eigenvalue weighted by molar-refractivity contribution is -0.138. The van der Waals surface area contributed by atoms with Crippen LogP contribution in [0.4, 0.5) is 10.1 Å². The number of anilines is 1. The van der Waals surface area contributed by atoms with Gasteiger partial charge < -0.3 is 15.7 Å². The van der Waals surface area contributed by atoms with Crippen LogP contribution >= 0.6 is 0 Å². The summed E-state index contributed by atoms with van der Waals surface area (Å²) in [6.07, 6.45) is 18.2. The van der Waals surface area contributed by atoms with Crippen molar-refractivity contribution in [3.05, 3.63) is 29.6 Å². The highest BCUT2D eigenvalue weighted by Crippen LogP contribution is 2.17. The van der Waals surface area contributed by atoms with E-state index in [0.717, 1.165) is 18.9 Å². The summed E-state index contributed by atoms with van der Waals surface area (Å²) < 4.78 is 14.2. The standard InChI is InChI=1S/C26H43FN2O3/c1-3-4-5-6-7-8-9-10-11-12-13-14-15-16-19-28-24-18-17-22(20-23(24)27)25(30)29-21(2)26(31)32/h17-18,20-21,28H,3-16,19H2,1-2H3,(H,29,30)(H,31,32)/t21-/m0/s1. The van der Waals surface area contributed by atoms with E-state index in [1.165, 1.54) is 96.1 Å². The number of rotatable bonds is 19. The van der Waals surface area contributed by atoms with Gasteiger partial charge in [0.1, 0.15) is 11.9 Å². The van der Waals surface area contributed by atoms with E-state index in [9.17, 15) is 14.0 Å². The van der Waals surface area contributed by atoms with Crippen molar-refractivity contribution in [1.29, 1.82) is 0 Å². The number of carboxylic acids is 1. The maximum Gasteiger partial charge on any atom is 0.325 e. The SMILES string of the molecule is CCCCCCCCCCCCCCCCNc1ccc(C(=O)N[C@@H](C)C(=O)O)cc1F. The molecule has 0 aliphatic rings. The molecule has 0 heterocycles. The molecule has 0 aliphatic heterocycles. The van der Waals surface area contributed by atoms with Gasteiger partial charge in [0, 0.05) is 12.1 Å². The predicted molar refractivity (Wildman–Crippen MR) is 130 cm³/mol. The van der Waals surface area contributed by atoms with Crippen LogP contribution in [0.5, 0.6) is 0 Å². The molecule has 0 saturated heterocycles. The Morgan fingerprint density at radius 1 is 0.875 bits per heavy atom. The number of hydrogen-bond acceptors (Lipinski definition) is 3. The average molecular weight is 451 g/mol. The molecule has 1 aromatic carbocycles. The third-order valence-corrected chi connectivity index (χ3v) is 5.80. The van der Waals surface area contributed by atoms with Gasteiger partial charge in [0.15, 0.2) is 0 Å². The molecule has 0 aromatic heterocycles. The molecule has 1 aromatic rings. The van der Waals surface area contributed by atoms with Gasteiger partial charge in [-0.05, 0) is 31.5 Å². The Kier molecular flexibility index (Phi) is 15.2. The number of nitrogens with one attached hydrogen (secondary N) is 2. The number of carbonyl (C=O) groups is 2. The fraction of sp³-hybridized carbons (Fsp3) is 0.692. The molecule has 6 heteroatoms. The van der Waals surface area contributed by atoms with Crippen LogP contribution in [0, 0.1) is 5.82 Å². The number of carboxylic acid groups (broad SMARTS) is 1. The van der Waals surface area contributed by atoms with Gasteiger partial charge in [-0.25, -0.2) is 4.39 Å². The van der Waals surface area contributed by atoms with Crippen molar-refractivity contribution in [1.82, 2.24) is 5.32 Å². The summed E-state index contributed by atoms with van der Waals surface area (Å²) in [5.41, 5.74) is 0.472. The topological polar surface area (TPSA) is 78.4 Å². The fourth-order valence-corrected chi connectivity index (χ4v) is 3.68. The van der Waals surface area contributed by atoms with E-state index in [4.69, 9.17) is 5.11 Å². The highest BCUT2D eigenvalue weighted by molar-refractivity contribution is 5.96. The Bertz CT molecular complexity index is 666. The van der Waals surface area contributed by atoms with Crippen molar-refractivity contribution in [2.45, 2.75) is 110 Å². The highest BCUT2D eigenvalue weighted by atomic mass is 19.1. The zero-order chi connectivity index (χ0) is 23.6. The number of benzene rings is 1. The zero-order valence-electron chi connectivity index (χ0n) is 20.1. The van der Waals surface area contributed by atoms with Crippen molar-refractivity contribution in [3.63, 3.8) is 0 Å². The van der Waals surface area contributed by atoms with Crippen LogP contribution in [0.2, 0.25) is 0 Å². The molecule has 1 rings (SSSR count). The second-order valence-corrected chi connectivity index (χ2v) is 8.75. The maximum atomic E-state index is 14.2. The number of halogens is 1. The van der Waals surface area contributed by atoms with Crippen LogP contribution in [-0.4, -0.2) is 29.6 Å². The van der Waals surface area contributed by atoms with Crippen molar-refractivity contribution < 1.29 is 19.1 Å². The van der Waals surface area contributed by atoms with E-state index in [2.05, 4.69) is 17.6 Å². The Morgan fingerprint density at radius 3 is 1.84 bits per heavy atom. The Labute approximate surface area is 193 Å². The number of hydrogen-bond donors (Lipinski definition) is 3. The first-order valence-electron chi connectivity index (χ1n) is 12.5. The summed E-state index contributed by atoms with van der Waals surface area (Å²) >= 11 is 0. The number of amides is 1. The Morgan fingerprint density at radius 2 is 1.38 bits per heavy atom. The fourth-order valence-electron chi connectivity index (χ4n) is 3.68. The van der Waals surface area contributed by atoms with E-state index >= 15 is 0 Å². The molecule has 1 amide bonds. The summed E-state index contributed by atoms with van der Waals surface area (Å²) in [5.74, 6) is -2.24. The lowest BCUT2D eigenvalue weighted by atomic mass is 10.0. The molecule has 1 atom stereocenters. The van der Waals surface area contributed by atoms with E-state index in [0.29, 0.717) is 12.2 Å². The molecule has 0 bridgehead atoms. The molecule has 0 radical (unpaired) electrons. The molecule has 32 heavy (non-hydrogen) atoms. The molecule has 0 aliphatic carbocycles. The smallest absolute Gasteiger partial charge is 0.325 e. The van der Waals surface area contributed by atoms with Gasteiger partial charge in [0.25, 0.3) is 5.91 Å². The van der Waals surface area contributed by atoms with E-state index in [1.54, 1.807) is 0 Å². The molecule has 5 nitrogen and oxygen atoms in total. The van der Waals surface area contributed by atoms with Crippen molar-refractivity contribution >= 4 is 17.6 Å². The summed E-state index contributed by atoms with van der Waals surface area (Å²) in [7, 11) is 0. The second kappa shape index (κ2) is 17.4. The molecular formula is C26H43FN2O3. The van der Waals surface area contributed by atoms with E-state index in [-0.39, 0.29) is 5.56 Å². The van der Waals surface area contributed by atoms with Gasteiger partial charge in [-0.2, -0.15) is 0 Å². The van der Waals surface area contributed by atoms with Crippen LogP contribution in [0.3, 0.4) is 0 Å². The minimum atomic E-state index is -1.13. The number of aliphatic carboxylic acids is 1. The number of carbonyl (C=O) groups excluding carboxylic acids is 1. The lowest BCUT2D eigenvalue weighted by Gasteiger charge is -2.11. The molecule has 0 unspecified atom stereocenters. The van der Waals surface area contributed by atoms with Crippen molar-refractivity contribution in [3.8, 4) is 0 Å². The van der Waals surface area contributed by atoms with Crippen LogP contribution in [0.15, 0.2) is 18.2 Å². The van der Waals surface area contributed by atoms with Crippen molar-refractivity contribution in [2.75, 3.05) is 11.9 Å². The molecule has 3 N–H and O–H groups in total. The van der Waals surface area contributed by atoms with Gasteiger partial charge in [-0.1, -0.05) is 90.4 Å². The molecule has 0 fully saturated rings. The minimum Gasteiger partial charge on any atom is -0.480 e. The summed E-state index contributed by atoms with van der Waals surface area (Å²) in [6.45, 7) is 4.31. The van der Waals surface area contributed by atoms with Gasteiger partial charge in [-0.15, -0.1) is 0 Å². The predicted octanol–water partition coefficient (Wildman–Crippen LogP) is 6.92. The van der Waals surface area contributed by atoms with E-state index < -0.39 is 23.7 Å². The van der Waals surface area contributed by atoms with Crippen LogP contribution in [0.25, 0.3) is 0 Å². The summed E-state index contributed by atoms with van der Waals surface area (Å²) in [6, 6.07) is 3.14. The normalized spacial score (nSPS) is 11.8. The van der Waals surface area contributed by atoms with Gasteiger partial charge in [-0.3, -0.25) is 9.59 Å². The quantitative estimate of drug-likeness (QED) is 0.200. The van der Waals surface area contributed by atoms with Crippen LogP contribution in [-0.2, 0) is 4.79 Å². The molecule has 0 saturated carbocycles. The zero-order valence-corrected chi connectivity index (χ0v) is 20.1. The average Bonchev–Trinajstić information content (AvgIpc) is 2.77. The minimum absolute atomic E-state index is 0.109. The first-order valence-corrected chi connectivity index (χ1v) is 12.5. The first-order chi connectivity index (χ1) is 15.5. The Balaban J connectivity index is 2.06. The second-order valence-electron chi connectivity index (χ2n) is 8.75. The van der Waals surface area contributed by atoms with E-state index in [1.807, 2.05) is 0 Å².